The van der Waals surface area contributed by atoms with Crippen LogP contribution in [0.1, 0.15) is 29.2 Å². The molecule has 1 fully saturated rings. The minimum Gasteiger partial charge on any atom is -0.456 e. The maximum atomic E-state index is 12.9. The van der Waals surface area contributed by atoms with E-state index in [-0.39, 0.29) is 23.9 Å². The van der Waals surface area contributed by atoms with Crippen molar-refractivity contribution >= 4 is 46.8 Å². The molecule has 13 heteroatoms. The molecule has 166 valence electrons. The molecule has 4 rings (SSSR count). The van der Waals surface area contributed by atoms with Crippen LogP contribution in [0.25, 0.3) is 0 Å². The standard InChI is InChI=1S/C19H16N4O7S2/c1-9-16(32-21-20-9)15(30-10(2)24)14-17(25)22-13(8-31-18(14)22)19(26)29-7-11-3-5-12(6-4-11)23(27)28/h3-6,8,14-15,18H,7H2,1-2H3. The van der Waals surface area contributed by atoms with Crippen LogP contribution in [-0.4, -0.2) is 42.6 Å². The third kappa shape index (κ3) is 3.96. The van der Waals surface area contributed by atoms with Gasteiger partial charge in [-0.1, -0.05) is 4.49 Å². The normalized spacial score (nSPS) is 20.1. The zero-order valence-electron chi connectivity index (χ0n) is 16.8. The first-order valence-corrected chi connectivity index (χ1v) is 11.0. The van der Waals surface area contributed by atoms with Gasteiger partial charge in [0, 0.05) is 24.5 Å². The largest absolute Gasteiger partial charge is 0.456 e. The third-order valence-corrected chi connectivity index (χ3v) is 6.98. The molecular formula is C19H16N4O7S2. The van der Waals surface area contributed by atoms with Gasteiger partial charge in [0.1, 0.15) is 23.6 Å². The van der Waals surface area contributed by atoms with Gasteiger partial charge in [0.2, 0.25) is 5.91 Å². The van der Waals surface area contributed by atoms with Crippen molar-refractivity contribution < 1.29 is 28.8 Å². The Kier molecular flexibility index (Phi) is 5.93. The molecule has 1 saturated heterocycles. The summed E-state index contributed by atoms with van der Waals surface area (Å²) >= 11 is 2.33. The van der Waals surface area contributed by atoms with E-state index in [1.54, 1.807) is 12.3 Å². The molecule has 0 aliphatic carbocycles. The molecule has 3 unspecified atom stereocenters. The zero-order chi connectivity index (χ0) is 23.0. The van der Waals surface area contributed by atoms with E-state index in [1.807, 2.05) is 0 Å². The smallest absolute Gasteiger partial charge is 0.355 e. The minimum absolute atomic E-state index is 0.0660. The van der Waals surface area contributed by atoms with E-state index in [1.165, 1.54) is 47.9 Å². The number of β-lactam (4-membered cyclic amide) rings is 1. The van der Waals surface area contributed by atoms with Crippen molar-refractivity contribution in [2.75, 3.05) is 0 Å². The molecular weight excluding hydrogens is 460 g/mol. The molecule has 2 aromatic rings. The van der Waals surface area contributed by atoms with Gasteiger partial charge in [-0.25, -0.2) is 4.79 Å². The first-order chi connectivity index (χ1) is 15.3. The number of benzene rings is 1. The quantitative estimate of drug-likeness (QED) is 0.253. The van der Waals surface area contributed by atoms with Crippen molar-refractivity contribution in [3.63, 3.8) is 0 Å². The SMILES string of the molecule is CC(=O)OC(c1snnc1C)C1C(=O)N2C(C(=O)OCc3ccc([N+](=O)[O-])cc3)=CSC12. The van der Waals surface area contributed by atoms with Gasteiger partial charge in [-0.3, -0.25) is 24.6 Å². The number of nitro benzene ring substituents is 1. The summed E-state index contributed by atoms with van der Waals surface area (Å²) in [4.78, 5) is 49.3. The second-order valence-corrected chi connectivity index (χ2v) is 8.79. The molecule has 11 nitrogen and oxygen atoms in total. The van der Waals surface area contributed by atoms with Gasteiger partial charge in [0.15, 0.2) is 6.10 Å². The number of thioether (sulfide) groups is 1. The Bertz CT molecular complexity index is 1130. The first kappa shape index (κ1) is 21.9. The molecule has 3 heterocycles. The number of carbonyl (C=O) groups excluding carboxylic acids is 3. The molecule has 1 aromatic carbocycles. The number of carbonyl (C=O) groups is 3. The number of aromatic nitrogens is 2. The fourth-order valence-corrected chi connectivity index (χ4v) is 5.38. The molecule has 0 radical (unpaired) electrons. The number of non-ortho nitro benzene ring substituents is 1. The second-order valence-electron chi connectivity index (χ2n) is 7.02. The Morgan fingerprint density at radius 1 is 1.31 bits per heavy atom. The summed E-state index contributed by atoms with van der Waals surface area (Å²) in [5.74, 6) is -2.27. The lowest BCUT2D eigenvalue weighted by atomic mass is 9.89. The fraction of sp³-hybridized carbons (Fsp3) is 0.316. The van der Waals surface area contributed by atoms with Gasteiger partial charge >= 0.3 is 11.9 Å². The topological polar surface area (TPSA) is 142 Å². The molecule has 2 aliphatic rings. The van der Waals surface area contributed by atoms with Crippen LogP contribution in [0.4, 0.5) is 5.69 Å². The molecule has 0 bridgehead atoms. The number of aryl methyl sites for hydroxylation is 1. The van der Waals surface area contributed by atoms with Crippen LogP contribution in [0.15, 0.2) is 35.4 Å². The van der Waals surface area contributed by atoms with Crippen molar-refractivity contribution in [2.45, 2.75) is 31.9 Å². The van der Waals surface area contributed by atoms with Gasteiger partial charge in [-0.15, -0.1) is 16.9 Å². The van der Waals surface area contributed by atoms with E-state index in [2.05, 4.69) is 9.59 Å². The van der Waals surface area contributed by atoms with Gasteiger partial charge in [0.25, 0.3) is 5.69 Å². The Hall–Kier alpha value is -3.32. The Morgan fingerprint density at radius 2 is 2.03 bits per heavy atom. The maximum absolute atomic E-state index is 12.9. The van der Waals surface area contributed by atoms with Gasteiger partial charge in [-0.05, 0) is 36.2 Å². The summed E-state index contributed by atoms with van der Waals surface area (Å²) in [5, 5.41) is 15.8. The van der Waals surface area contributed by atoms with Crippen LogP contribution >= 0.6 is 23.3 Å². The minimum atomic E-state index is -0.836. The van der Waals surface area contributed by atoms with E-state index in [9.17, 15) is 24.5 Å². The highest BCUT2D eigenvalue weighted by atomic mass is 32.2. The van der Waals surface area contributed by atoms with Crippen LogP contribution in [0, 0.1) is 23.0 Å². The Balaban J connectivity index is 1.42. The van der Waals surface area contributed by atoms with Crippen molar-refractivity contribution in [3.05, 3.63) is 61.6 Å². The van der Waals surface area contributed by atoms with Crippen molar-refractivity contribution in [1.29, 1.82) is 0 Å². The average molecular weight is 476 g/mol. The molecule has 3 atom stereocenters. The Labute approximate surface area is 189 Å². The number of ether oxygens (including phenoxy) is 2. The molecule has 2 aliphatic heterocycles. The van der Waals surface area contributed by atoms with Gasteiger partial charge in [-0.2, -0.15) is 0 Å². The molecule has 32 heavy (non-hydrogen) atoms. The molecule has 0 N–H and O–H groups in total. The summed E-state index contributed by atoms with van der Waals surface area (Å²) in [6.45, 7) is 2.88. The molecule has 0 spiro atoms. The van der Waals surface area contributed by atoms with Gasteiger partial charge < -0.3 is 9.47 Å². The number of nitrogens with zero attached hydrogens (tertiary/aromatic N) is 4. The highest BCUT2D eigenvalue weighted by Crippen LogP contribution is 2.51. The van der Waals surface area contributed by atoms with E-state index in [4.69, 9.17) is 9.47 Å². The highest BCUT2D eigenvalue weighted by Gasteiger charge is 2.58. The van der Waals surface area contributed by atoms with E-state index < -0.39 is 34.3 Å². The number of hydrogen-bond acceptors (Lipinski definition) is 11. The maximum Gasteiger partial charge on any atom is 0.355 e. The van der Waals surface area contributed by atoms with Crippen molar-refractivity contribution in [1.82, 2.24) is 14.5 Å². The summed E-state index contributed by atoms with van der Waals surface area (Å²) in [5.41, 5.74) is 1.18. The number of rotatable bonds is 7. The number of esters is 2. The van der Waals surface area contributed by atoms with Crippen LogP contribution in [0.2, 0.25) is 0 Å². The third-order valence-electron chi connectivity index (χ3n) is 4.95. The van der Waals surface area contributed by atoms with Crippen LogP contribution in [-0.2, 0) is 30.5 Å². The lowest BCUT2D eigenvalue weighted by Gasteiger charge is -2.45. The number of hydrogen-bond donors (Lipinski definition) is 0. The van der Waals surface area contributed by atoms with Crippen molar-refractivity contribution in [3.8, 4) is 0 Å². The predicted molar refractivity (Wildman–Crippen MR) is 112 cm³/mol. The van der Waals surface area contributed by atoms with E-state index in [0.29, 0.717) is 16.1 Å². The monoisotopic (exact) mass is 476 g/mol. The van der Waals surface area contributed by atoms with Crippen LogP contribution in [0.3, 0.4) is 0 Å². The number of fused-ring (bicyclic) bond motifs is 1. The fourth-order valence-electron chi connectivity index (χ4n) is 3.41. The summed E-state index contributed by atoms with van der Waals surface area (Å²) in [7, 11) is 0. The lowest BCUT2D eigenvalue weighted by Crippen LogP contribution is -2.59. The van der Waals surface area contributed by atoms with E-state index >= 15 is 0 Å². The molecule has 1 amide bonds. The first-order valence-electron chi connectivity index (χ1n) is 9.33. The van der Waals surface area contributed by atoms with E-state index in [0.717, 1.165) is 11.5 Å². The average Bonchev–Trinajstić information content (AvgIpc) is 3.35. The molecule has 0 saturated carbocycles. The number of amides is 1. The van der Waals surface area contributed by atoms with Gasteiger partial charge in [0.05, 0.1) is 15.5 Å². The number of nitro groups is 1. The Morgan fingerprint density at radius 3 is 2.62 bits per heavy atom. The predicted octanol–water partition coefficient (Wildman–Crippen LogP) is 2.48. The second kappa shape index (κ2) is 8.67. The summed E-state index contributed by atoms with van der Waals surface area (Å²) in [6.07, 6.45) is -0.836. The highest BCUT2D eigenvalue weighted by molar-refractivity contribution is 8.03. The van der Waals surface area contributed by atoms with Crippen molar-refractivity contribution in [2.24, 2.45) is 5.92 Å². The summed E-state index contributed by atoms with van der Waals surface area (Å²) < 4.78 is 14.6. The van der Waals surface area contributed by atoms with Crippen LogP contribution < -0.4 is 0 Å². The summed E-state index contributed by atoms with van der Waals surface area (Å²) in [6, 6.07) is 5.62. The lowest BCUT2D eigenvalue weighted by molar-refractivity contribution is -0.384. The van der Waals surface area contributed by atoms with Crippen LogP contribution in [0.5, 0.6) is 0 Å². The molecule has 1 aromatic heterocycles. The zero-order valence-corrected chi connectivity index (χ0v) is 18.4.